The van der Waals surface area contributed by atoms with Crippen molar-refractivity contribution in [2.45, 2.75) is 51.6 Å². The van der Waals surface area contributed by atoms with Crippen LogP contribution in [0.2, 0.25) is 0 Å². The summed E-state index contributed by atoms with van der Waals surface area (Å²) in [6.07, 6.45) is 7.64. The Morgan fingerprint density at radius 1 is 0.947 bits per heavy atom. The number of ether oxygens (including phenoxy) is 1. The van der Waals surface area contributed by atoms with Gasteiger partial charge in [-0.05, 0) is 18.4 Å². The number of esters is 1. The van der Waals surface area contributed by atoms with Crippen molar-refractivity contribution >= 4 is 21.9 Å². The van der Waals surface area contributed by atoms with Gasteiger partial charge in [0.05, 0.1) is 0 Å². The molecule has 0 radical (unpaired) electrons. The van der Waals surface area contributed by atoms with Crippen molar-refractivity contribution in [2.24, 2.45) is 0 Å². The Hall–Kier alpha value is -0.830. The molecule has 0 fully saturated rings. The largest absolute Gasteiger partial charge is 0.461 e. The number of hydrogen-bond donors (Lipinski definition) is 0. The molecular formula is C16H23BrO2. The zero-order chi connectivity index (χ0) is 13.8. The van der Waals surface area contributed by atoms with Crippen LogP contribution in [0.25, 0.3) is 0 Å². The Labute approximate surface area is 124 Å². The van der Waals surface area contributed by atoms with Crippen LogP contribution in [0.4, 0.5) is 0 Å². The van der Waals surface area contributed by atoms with E-state index in [-0.39, 0.29) is 5.97 Å². The molecule has 1 rings (SSSR count). The number of alkyl halides is 1. The van der Waals surface area contributed by atoms with Gasteiger partial charge >= 0.3 is 5.97 Å². The van der Waals surface area contributed by atoms with Crippen LogP contribution in [0.3, 0.4) is 0 Å². The average Bonchev–Trinajstić information content (AvgIpc) is 2.45. The minimum absolute atomic E-state index is 0.0793. The second kappa shape index (κ2) is 11.0. The maximum atomic E-state index is 11.5. The molecule has 0 aliphatic heterocycles. The van der Waals surface area contributed by atoms with Crippen LogP contribution >= 0.6 is 15.9 Å². The molecule has 0 saturated carbocycles. The molecule has 0 heterocycles. The summed E-state index contributed by atoms with van der Waals surface area (Å²) in [5.74, 6) is -0.0793. The van der Waals surface area contributed by atoms with Gasteiger partial charge in [-0.25, -0.2) is 0 Å². The van der Waals surface area contributed by atoms with Crippen molar-refractivity contribution < 1.29 is 9.53 Å². The number of carbonyl (C=O) groups excluding carboxylic acids is 1. The molecule has 0 saturated heterocycles. The van der Waals surface area contributed by atoms with E-state index in [4.69, 9.17) is 4.74 Å². The quantitative estimate of drug-likeness (QED) is 0.349. The SMILES string of the molecule is O=C(CCCCCCCCBr)OCc1ccccc1. The van der Waals surface area contributed by atoms with Gasteiger partial charge in [-0.3, -0.25) is 4.79 Å². The van der Waals surface area contributed by atoms with E-state index < -0.39 is 0 Å². The molecule has 3 heteroatoms. The lowest BCUT2D eigenvalue weighted by Gasteiger charge is -2.05. The molecule has 0 aliphatic rings. The first kappa shape index (κ1) is 16.2. The average molecular weight is 327 g/mol. The highest BCUT2D eigenvalue weighted by molar-refractivity contribution is 9.09. The molecule has 0 unspecified atom stereocenters. The number of halogens is 1. The van der Waals surface area contributed by atoms with Crippen molar-refractivity contribution in [1.29, 1.82) is 0 Å². The highest BCUT2D eigenvalue weighted by Gasteiger charge is 2.02. The monoisotopic (exact) mass is 326 g/mol. The second-order valence-corrected chi connectivity index (χ2v) is 5.50. The highest BCUT2D eigenvalue weighted by Crippen LogP contribution is 2.09. The fourth-order valence-electron chi connectivity index (χ4n) is 1.88. The van der Waals surface area contributed by atoms with E-state index in [1.807, 2.05) is 30.3 Å². The van der Waals surface area contributed by atoms with Crippen LogP contribution in [0.5, 0.6) is 0 Å². The summed E-state index contributed by atoms with van der Waals surface area (Å²) in [7, 11) is 0. The van der Waals surface area contributed by atoms with Gasteiger partial charge in [0.2, 0.25) is 0 Å². The summed E-state index contributed by atoms with van der Waals surface area (Å²) in [5.41, 5.74) is 1.05. The zero-order valence-corrected chi connectivity index (χ0v) is 13.0. The van der Waals surface area contributed by atoms with Crippen LogP contribution in [0, 0.1) is 0 Å². The lowest BCUT2D eigenvalue weighted by Crippen LogP contribution is -2.04. The van der Waals surface area contributed by atoms with Crippen molar-refractivity contribution in [1.82, 2.24) is 0 Å². The zero-order valence-electron chi connectivity index (χ0n) is 11.4. The molecular weight excluding hydrogens is 304 g/mol. The first-order valence-corrected chi connectivity index (χ1v) is 8.20. The summed E-state index contributed by atoms with van der Waals surface area (Å²) in [5, 5.41) is 1.10. The Kier molecular flexibility index (Phi) is 9.42. The standard InChI is InChI=1S/C16H23BrO2/c17-13-9-4-2-1-3-8-12-16(18)19-14-15-10-6-5-7-11-15/h5-7,10-11H,1-4,8-9,12-14H2. The fourth-order valence-corrected chi connectivity index (χ4v) is 2.28. The minimum Gasteiger partial charge on any atom is -0.461 e. The fraction of sp³-hybridized carbons (Fsp3) is 0.562. The summed E-state index contributed by atoms with van der Waals surface area (Å²) < 4.78 is 5.23. The maximum absolute atomic E-state index is 11.5. The van der Waals surface area contributed by atoms with Gasteiger partial charge < -0.3 is 4.74 Å². The Morgan fingerprint density at radius 3 is 2.26 bits per heavy atom. The molecule has 2 nitrogen and oxygen atoms in total. The van der Waals surface area contributed by atoms with Crippen LogP contribution < -0.4 is 0 Å². The molecule has 0 aliphatic carbocycles. The van der Waals surface area contributed by atoms with E-state index in [1.54, 1.807) is 0 Å². The van der Waals surface area contributed by atoms with Gasteiger partial charge in [0.25, 0.3) is 0 Å². The number of benzene rings is 1. The summed E-state index contributed by atoms with van der Waals surface area (Å²) >= 11 is 3.43. The van der Waals surface area contributed by atoms with Gasteiger partial charge in [0, 0.05) is 11.8 Å². The van der Waals surface area contributed by atoms with Crippen molar-refractivity contribution in [3.8, 4) is 0 Å². The van der Waals surface area contributed by atoms with E-state index in [0.717, 1.165) is 23.7 Å². The van der Waals surface area contributed by atoms with Crippen LogP contribution in [-0.4, -0.2) is 11.3 Å². The topological polar surface area (TPSA) is 26.3 Å². The number of unbranched alkanes of at least 4 members (excludes halogenated alkanes) is 5. The Morgan fingerprint density at radius 2 is 1.58 bits per heavy atom. The molecule has 0 bridgehead atoms. The maximum Gasteiger partial charge on any atom is 0.306 e. The number of carbonyl (C=O) groups is 1. The lowest BCUT2D eigenvalue weighted by molar-refractivity contribution is -0.145. The van der Waals surface area contributed by atoms with Crippen molar-refractivity contribution in [3.63, 3.8) is 0 Å². The van der Waals surface area contributed by atoms with Gasteiger partial charge in [-0.2, -0.15) is 0 Å². The summed E-state index contributed by atoms with van der Waals surface area (Å²) in [4.78, 5) is 11.5. The van der Waals surface area contributed by atoms with E-state index in [9.17, 15) is 4.79 Å². The van der Waals surface area contributed by atoms with Crippen LogP contribution in [-0.2, 0) is 16.1 Å². The molecule has 19 heavy (non-hydrogen) atoms. The lowest BCUT2D eigenvalue weighted by atomic mass is 10.1. The predicted molar refractivity (Wildman–Crippen MR) is 82.4 cm³/mol. The van der Waals surface area contributed by atoms with E-state index in [0.29, 0.717) is 13.0 Å². The molecule has 1 aromatic rings. The highest BCUT2D eigenvalue weighted by atomic mass is 79.9. The van der Waals surface area contributed by atoms with Gasteiger partial charge in [0.1, 0.15) is 6.61 Å². The Bertz CT molecular complexity index is 338. The summed E-state index contributed by atoms with van der Waals surface area (Å²) in [6.45, 7) is 0.394. The molecule has 0 amide bonds. The minimum atomic E-state index is -0.0793. The smallest absolute Gasteiger partial charge is 0.306 e. The third kappa shape index (κ3) is 8.82. The van der Waals surface area contributed by atoms with Crippen molar-refractivity contribution in [2.75, 3.05) is 5.33 Å². The molecule has 106 valence electrons. The predicted octanol–water partition coefficient (Wildman–Crippen LogP) is 4.86. The van der Waals surface area contributed by atoms with Crippen LogP contribution in [0.15, 0.2) is 30.3 Å². The number of hydrogen-bond acceptors (Lipinski definition) is 2. The van der Waals surface area contributed by atoms with Gasteiger partial charge in [-0.1, -0.05) is 71.9 Å². The number of rotatable bonds is 10. The summed E-state index contributed by atoms with van der Waals surface area (Å²) in [6, 6.07) is 9.81. The van der Waals surface area contributed by atoms with Crippen LogP contribution in [0.1, 0.15) is 50.5 Å². The first-order valence-electron chi connectivity index (χ1n) is 7.08. The van der Waals surface area contributed by atoms with Gasteiger partial charge in [-0.15, -0.1) is 0 Å². The molecule has 0 N–H and O–H groups in total. The third-order valence-electron chi connectivity index (χ3n) is 3.01. The van der Waals surface area contributed by atoms with E-state index in [1.165, 1.54) is 25.7 Å². The Balaban J connectivity index is 1.96. The molecule has 0 spiro atoms. The molecule has 0 aromatic heterocycles. The van der Waals surface area contributed by atoms with Crippen molar-refractivity contribution in [3.05, 3.63) is 35.9 Å². The van der Waals surface area contributed by atoms with E-state index >= 15 is 0 Å². The third-order valence-corrected chi connectivity index (χ3v) is 3.57. The van der Waals surface area contributed by atoms with Gasteiger partial charge in [0.15, 0.2) is 0 Å². The first-order chi connectivity index (χ1) is 9.33. The normalized spacial score (nSPS) is 10.4. The van der Waals surface area contributed by atoms with E-state index in [2.05, 4.69) is 15.9 Å². The molecule has 1 aromatic carbocycles. The second-order valence-electron chi connectivity index (χ2n) is 4.71. The molecule has 0 atom stereocenters.